The highest BCUT2D eigenvalue weighted by atomic mass is 16.7. The van der Waals surface area contributed by atoms with E-state index in [9.17, 15) is 19.2 Å². The van der Waals surface area contributed by atoms with Crippen LogP contribution in [-0.2, 0) is 23.9 Å². The number of hydrogen-bond donors (Lipinski definition) is 2. The first-order chi connectivity index (χ1) is 10.8. The lowest BCUT2D eigenvalue weighted by Gasteiger charge is -2.00. The molecule has 1 heterocycles. The fourth-order valence-electron chi connectivity index (χ4n) is 1.32. The molecule has 0 aromatic heterocycles. The number of amides is 2. The van der Waals surface area contributed by atoms with Gasteiger partial charge in [-0.1, -0.05) is 18.2 Å². The maximum Gasteiger partial charge on any atom is 0.506 e. The Bertz CT molecular complexity index is 518. The van der Waals surface area contributed by atoms with Crippen molar-refractivity contribution in [3.8, 4) is 0 Å². The maximum absolute atomic E-state index is 10.4. The summed E-state index contributed by atoms with van der Waals surface area (Å²) >= 11 is 0. The van der Waals surface area contributed by atoms with E-state index in [1.54, 1.807) is 25.2 Å². The van der Waals surface area contributed by atoms with Gasteiger partial charge in [0.05, 0.1) is 6.26 Å². The molecule has 0 aromatic rings. The van der Waals surface area contributed by atoms with Gasteiger partial charge in [0.15, 0.2) is 0 Å². The minimum atomic E-state index is -1.33. The molecule has 0 bridgehead atoms. The predicted molar refractivity (Wildman–Crippen MR) is 80.2 cm³/mol. The summed E-state index contributed by atoms with van der Waals surface area (Å²) in [5.41, 5.74) is 0.647. The van der Waals surface area contributed by atoms with Crippen molar-refractivity contribution in [2.24, 2.45) is 0 Å². The number of hydrogen-bond acceptors (Lipinski definition) is 6. The number of allylic oxidation sites excluding steroid dienone is 3. The van der Waals surface area contributed by atoms with Crippen LogP contribution in [0.2, 0.25) is 0 Å². The minimum Gasteiger partial charge on any atom is -0.450 e. The zero-order valence-corrected chi connectivity index (χ0v) is 12.9. The number of carboxylic acid groups (broad SMARTS) is 1. The summed E-state index contributed by atoms with van der Waals surface area (Å²) in [5.74, 6) is -0.714. The molecule has 8 nitrogen and oxygen atoms in total. The fourth-order valence-corrected chi connectivity index (χ4v) is 1.32. The maximum atomic E-state index is 10.4. The highest BCUT2D eigenvalue weighted by molar-refractivity contribution is 6.01. The van der Waals surface area contributed by atoms with Gasteiger partial charge in [-0.15, -0.1) is 0 Å². The largest absolute Gasteiger partial charge is 0.506 e. The van der Waals surface area contributed by atoms with Gasteiger partial charge >= 0.3 is 12.1 Å². The number of nitrogens with one attached hydrogen (secondary N) is 1. The van der Waals surface area contributed by atoms with Gasteiger partial charge in [0.1, 0.15) is 6.61 Å². The van der Waals surface area contributed by atoms with Crippen molar-refractivity contribution in [3.05, 3.63) is 36.1 Å². The molecule has 0 spiro atoms. The van der Waals surface area contributed by atoms with Crippen LogP contribution in [-0.4, -0.2) is 35.7 Å². The molecule has 0 aliphatic carbocycles. The van der Waals surface area contributed by atoms with E-state index in [0.29, 0.717) is 18.4 Å². The van der Waals surface area contributed by atoms with Crippen LogP contribution in [0.1, 0.15) is 26.7 Å². The second-order valence-electron chi connectivity index (χ2n) is 4.21. The Morgan fingerprint density at radius 2 is 1.87 bits per heavy atom. The molecular weight excluding hydrogens is 306 g/mol. The molecular formula is C15H19NO7. The van der Waals surface area contributed by atoms with Crippen molar-refractivity contribution >= 4 is 23.9 Å². The van der Waals surface area contributed by atoms with E-state index < -0.39 is 12.1 Å². The summed E-state index contributed by atoms with van der Waals surface area (Å²) in [6.45, 7) is 3.03. The number of ether oxygens (including phenoxy) is 2. The van der Waals surface area contributed by atoms with Gasteiger partial charge in [-0.3, -0.25) is 19.7 Å². The van der Waals surface area contributed by atoms with Gasteiger partial charge in [-0.05, 0) is 18.6 Å². The molecule has 0 radical (unpaired) electrons. The van der Waals surface area contributed by atoms with E-state index >= 15 is 0 Å². The lowest BCUT2D eigenvalue weighted by atomic mass is 10.2. The predicted octanol–water partition coefficient (Wildman–Crippen LogP) is 1.68. The van der Waals surface area contributed by atoms with E-state index in [1.807, 2.05) is 0 Å². The molecule has 0 unspecified atom stereocenters. The van der Waals surface area contributed by atoms with E-state index in [0.717, 1.165) is 0 Å². The summed E-state index contributed by atoms with van der Waals surface area (Å²) in [7, 11) is 0. The molecule has 126 valence electrons. The number of esters is 1. The van der Waals surface area contributed by atoms with Crippen molar-refractivity contribution < 1.29 is 33.8 Å². The van der Waals surface area contributed by atoms with Crippen LogP contribution in [0.15, 0.2) is 36.1 Å². The van der Waals surface area contributed by atoms with E-state index in [4.69, 9.17) is 5.11 Å². The van der Waals surface area contributed by atoms with Crippen molar-refractivity contribution in [1.82, 2.24) is 5.32 Å². The van der Waals surface area contributed by atoms with Crippen LogP contribution in [0.5, 0.6) is 0 Å². The molecule has 0 aromatic carbocycles. The van der Waals surface area contributed by atoms with Gasteiger partial charge in [-0.25, -0.2) is 4.79 Å². The molecule has 1 saturated heterocycles. The second kappa shape index (κ2) is 11.7. The minimum absolute atomic E-state index is 0.0515. The average Bonchev–Trinajstić information content (AvgIpc) is 2.84. The highest BCUT2D eigenvalue weighted by Crippen LogP contribution is 1.99. The number of carbonyl (C=O) groups excluding carboxylic acids is 3. The fraction of sp³-hybridized carbons (Fsp3) is 0.333. The number of imide groups is 1. The summed E-state index contributed by atoms with van der Waals surface area (Å²) in [5, 5.41) is 10.5. The third kappa shape index (κ3) is 12.5. The zero-order chi connectivity index (χ0) is 17.7. The molecule has 1 rings (SSSR count). The van der Waals surface area contributed by atoms with Crippen LogP contribution in [0.3, 0.4) is 0 Å². The van der Waals surface area contributed by atoms with Crippen LogP contribution in [0.25, 0.3) is 0 Å². The third-order valence-corrected chi connectivity index (χ3v) is 2.22. The monoisotopic (exact) mass is 325 g/mol. The summed E-state index contributed by atoms with van der Waals surface area (Å²) < 4.78 is 8.94. The second-order valence-corrected chi connectivity index (χ2v) is 4.21. The molecule has 1 aliphatic rings. The molecule has 0 saturated carbocycles. The number of rotatable bonds is 5. The molecule has 8 heteroatoms. The Morgan fingerprint density at radius 1 is 1.26 bits per heavy atom. The van der Waals surface area contributed by atoms with Crippen LogP contribution in [0.4, 0.5) is 4.79 Å². The topological polar surface area (TPSA) is 119 Å². The van der Waals surface area contributed by atoms with Gasteiger partial charge in [-0.2, -0.15) is 0 Å². The number of carbonyl (C=O) groups is 4. The Morgan fingerprint density at radius 3 is 2.26 bits per heavy atom. The molecule has 23 heavy (non-hydrogen) atoms. The average molecular weight is 325 g/mol. The van der Waals surface area contributed by atoms with Crippen molar-refractivity contribution in [1.29, 1.82) is 0 Å². The van der Waals surface area contributed by atoms with Crippen molar-refractivity contribution in [3.63, 3.8) is 0 Å². The SMILES string of the molecule is C\C=C/C(=C\C=C\OC(C)=O)COC(=O)O.O=C1CCC(=O)N1. The van der Waals surface area contributed by atoms with Gasteiger partial charge < -0.3 is 14.6 Å². The van der Waals surface area contributed by atoms with Crippen LogP contribution >= 0.6 is 0 Å². The van der Waals surface area contributed by atoms with Gasteiger partial charge in [0.2, 0.25) is 11.8 Å². The lowest BCUT2D eigenvalue weighted by Crippen LogP contribution is -2.18. The van der Waals surface area contributed by atoms with E-state index in [1.165, 1.54) is 19.3 Å². The Hall–Kier alpha value is -2.90. The van der Waals surface area contributed by atoms with E-state index in [-0.39, 0.29) is 18.4 Å². The Labute approximate surface area is 133 Å². The quantitative estimate of drug-likeness (QED) is 0.341. The zero-order valence-electron chi connectivity index (χ0n) is 12.9. The molecule has 2 N–H and O–H groups in total. The first-order valence-corrected chi connectivity index (χ1v) is 6.69. The van der Waals surface area contributed by atoms with Crippen LogP contribution in [0, 0.1) is 0 Å². The van der Waals surface area contributed by atoms with Crippen molar-refractivity contribution in [2.45, 2.75) is 26.7 Å². The third-order valence-electron chi connectivity index (χ3n) is 2.22. The standard InChI is InChI=1S/C11H14O5.C4H5NO2/c1-3-5-10(8-16-11(13)14)6-4-7-15-9(2)12;6-3-1-2-4(7)5-3/h3-7H,8H2,1-2H3,(H,13,14);1-2H2,(H,5,6,7)/b5-3-,7-4+,10-6+;. The molecule has 2 amide bonds. The molecule has 1 aliphatic heterocycles. The van der Waals surface area contributed by atoms with E-state index in [2.05, 4.69) is 14.8 Å². The molecule has 0 atom stereocenters. The normalized spacial score (nSPS) is 14.4. The lowest BCUT2D eigenvalue weighted by molar-refractivity contribution is -0.135. The summed E-state index contributed by atoms with van der Waals surface area (Å²) in [6, 6.07) is 0. The van der Waals surface area contributed by atoms with Crippen LogP contribution < -0.4 is 5.32 Å². The van der Waals surface area contributed by atoms with Crippen molar-refractivity contribution in [2.75, 3.05) is 6.61 Å². The Kier molecular flexibility index (Phi) is 10.2. The Balaban J connectivity index is 0.000000568. The van der Waals surface area contributed by atoms with Gasteiger partial charge in [0.25, 0.3) is 0 Å². The van der Waals surface area contributed by atoms with Gasteiger partial charge in [0, 0.05) is 19.8 Å². The highest BCUT2D eigenvalue weighted by Gasteiger charge is 2.15. The first kappa shape index (κ1) is 20.1. The smallest absolute Gasteiger partial charge is 0.450 e. The summed E-state index contributed by atoms with van der Waals surface area (Å²) in [6.07, 6.45) is 7.15. The summed E-state index contributed by atoms with van der Waals surface area (Å²) in [4.78, 5) is 40.8. The molecule has 1 fully saturated rings. The first-order valence-electron chi connectivity index (χ1n) is 6.69.